The van der Waals surface area contributed by atoms with Gasteiger partial charge in [0.05, 0.1) is 18.1 Å². The zero-order chi connectivity index (χ0) is 9.31. The predicted molar refractivity (Wildman–Crippen MR) is 47.3 cm³/mol. The van der Waals surface area contributed by atoms with Gasteiger partial charge in [-0.2, -0.15) is 0 Å². The Morgan fingerprint density at radius 1 is 1.38 bits per heavy atom. The lowest BCUT2D eigenvalue weighted by molar-refractivity contribution is -0.155. The van der Waals surface area contributed by atoms with Gasteiger partial charge in [0.15, 0.2) is 0 Å². The van der Waals surface area contributed by atoms with Crippen molar-refractivity contribution < 1.29 is 14.3 Å². The lowest BCUT2D eigenvalue weighted by Crippen LogP contribution is -2.40. The molecule has 74 valence electrons. The van der Waals surface area contributed by atoms with Crippen LogP contribution in [-0.4, -0.2) is 25.3 Å². The number of carbonyl (C=O) groups excluding carboxylic acids is 1. The molecule has 2 saturated heterocycles. The van der Waals surface area contributed by atoms with Gasteiger partial charge in [-0.1, -0.05) is 0 Å². The number of ether oxygens (including phenoxy) is 2. The minimum atomic E-state index is -0.361. The summed E-state index contributed by atoms with van der Waals surface area (Å²) in [5.41, 5.74) is -0.361. The molecule has 2 fully saturated rings. The van der Waals surface area contributed by atoms with Crippen LogP contribution in [0, 0.1) is 5.41 Å². The summed E-state index contributed by atoms with van der Waals surface area (Å²) in [4.78, 5) is 11.5. The molecule has 0 aromatic heterocycles. The summed E-state index contributed by atoms with van der Waals surface area (Å²) in [6.07, 6.45) is 4.22. The quantitative estimate of drug-likeness (QED) is 0.579. The Morgan fingerprint density at radius 3 is 2.77 bits per heavy atom. The lowest BCUT2D eigenvalue weighted by Gasteiger charge is -2.33. The Morgan fingerprint density at radius 2 is 2.23 bits per heavy atom. The molecule has 0 bridgehead atoms. The van der Waals surface area contributed by atoms with E-state index in [2.05, 4.69) is 0 Å². The maximum Gasteiger partial charge on any atom is 0.314 e. The number of hydrogen-bond acceptors (Lipinski definition) is 3. The van der Waals surface area contributed by atoms with Gasteiger partial charge in [0.1, 0.15) is 0 Å². The van der Waals surface area contributed by atoms with Crippen LogP contribution >= 0.6 is 0 Å². The third kappa shape index (κ3) is 1.46. The molecule has 13 heavy (non-hydrogen) atoms. The molecule has 0 aromatic rings. The summed E-state index contributed by atoms with van der Waals surface area (Å²) in [6.45, 7) is 3.33. The molecule has 0 radical (unpaired) electrons. The van der Waals surface area contributed by atoms with Crippen LogP contribution < -0.4 is 0 Å². The second kappa shape index (κ2) is 3.29. The van der Waals surface area contributed by atoms with Gasteiger partial charge in [0, 0.05) is 6.61 Å². The number of esters is 1. The average Bonchev–Trinajstić information content (AvgIpc) is 2.50. The van der Waals surface area contributed by atoms with Crippen LogP contribution in [0.25, 0.3) is 0 Å². The van der Waals surface area contributed by atoms with Crippen LogP contribution in [-0.2, 0) is 14.3 Å². The van der Waals surface area contributed by atoms with Crippen molar-refractivity contribution in [3.05, 3.63) is 0 Å². The summed E-state index contributed by atoms with van der Waals surface area (Å²) in [5.74, 6) is -0.0700. The van der Waals surface area contributed by atoms with E-state index in [1.165, 1.54) is 6.42 Å². The standard InChI is InChI=1S/C10H16O3/c1-10(5-7-13-9(10)11)8-4-2-3-6-12-8/h8H,2-7H2,1H3. The molecule has 3 heteroatoms. The molecule has 0 saturated carbocycles. The molecule has 0 aromatic carbocycles. The first-order valence-electron chi connectivity index (χ1n) is 5.02. The fraction of sp³-hybridized carbons (Fsp3) is 0.900. The predicted octanol–water partition coefficient (Wildman–Crippen LogP) is 1.51. The van der Waals surface area contributed by atoms with E-state index < -0.39 is 0 Å². The zero-order valence-corrected chi connectivity index (χ0v) is 8.04. The van der Waals surface area contributed by atoms with Crippen molar-refractivity contribution in [3.63, 3.8) is 0 Å². The molecule has 0 spiro atoms. The third-order valence-electron chi connectivity index (χ3n) is 3.21. The van der Waals surface area contributed by atoms with Crippen molar-refractivity contribution in [1.82, 2.24) is 0 Å². The van der Waals surface area contributed by atoms with Crippen molar-refractivity contribution >= 4 is 5.97 Å². The van der Waals surface area contributed by atoms with Crippen LogP contribution in [0.2, 0.25) is 0 Å². The van der Waals surface area contributed by atoms with Crippen LogP contribution in [0.15, 0.2) is 0 Å². The van der Waals surface area contributed by atoms with Gasteiger partial charge in [-0.15, -0.1) is 0 Å². The Labute approximate surface area is 78.4 Å². The van der Waals surface area contributed by atoms with Crippen molar-refractivity contribution in [2.45, 2.75) is 38.7 Å². The highest BCUT2D eigenvalue weighted by Crippen LogP contribution is 2.38. The van der Waals surface area contributed by atoms with Gasteiger partial charge in [-0.25, -0.2) is 0 Å². The van der Waals surface area contributed by atoms with Gasteiger partial charge in [-0.3, -0.25) is 4.79 Å². The van der Waals surface area contributed by atoms with Crippen LogP contribution in [0.5, 0.6) is 0 Å². The monoisotopic (exact) mass is 184 g/mol. The van der Waals surface area contributed by atoms with Gasteiger partial charge < -0.3 is 9.47 Å². The van der Waals surface area contributed by atoms with Crippen LogP contribution in [0.1, 0.15) is 32.6 Å². The maximum absolute atomic E-state index is 11.5. The number of cyclic esters (lactones) is 1. The van der Waals surface area contributed by atoms with Gasteiger partial charge >= 0.3 is 5.97 Å². The minimum absolute atomic E-state index is 0.0700. The Kier molecular flexibility index (Phi) is 2.28. The van der Waals surface area contributed by atoms with E-state index in [9.17, 15) is 4.79 Å². The molecule has 0 aliphatic carbocycles. The highest BCUT2D eigenvalue weighted by atomic mass is 16.5. The minimum Gasteiger partial charge on any atom is -0.465 e. The highest BCUT2D eigenvalue weighted by Gasteiger charge is 2.47. The molecule has 2 heterocycles. The van der Waals surface area contributed by atoms with E-state index in [0.717, 1.165) is 25.9 Å². The number of carbonyl (C=O) groups is 1. The summed E-state index contributed by atoms with van der Waals surface area (Å²) in [7, 11) is 0. The van der Waals surface area contributed by atoms with Gasteiger partial charge in [0.25, 0.3) is 0 Å². The summed E-state index contributed by atoms with van der Waals surface area (Å²) in [6, 6.07) is 0. The molecule has 2 aliphatic heterocycles. The van der Waals surface area contributed by atoms with Crippen molar-refractivity contribution in [1.29, 1.82) is 0 Å². The van der Waals surface area contributed by atoms with E-state index in [0.29, 0.717) is 6.61 Å². The fourth-order valence-corrected chi connectivity index (χ4v) is 2.16. The van der Waals surface area contributed by atoms with E-state index in [1.54, 1.807) is 0 Å². The van der Waals surface area contributed by atoms with Gasteiger partial charge in [0.2, 0.25) is 0 Å². The molecule has 2 unspecified atom stereocenters. The van der Waals surface area contributed by atoms with E-state index >= 15 is 0 Å². The number of rotatable bonds is 1. The lowest BCUT2D eigenvalue weighted by atomic mass is 9.79. The van der Waals surface area contributed by atoms with E-state index in [4.69, 9.17) is 9.47 Å². The maximum atomic E-state index is 11.5. The second-order valence-corrected chi connectivity index (χ2v) is 4.16. The smallest absolute Gasteiger partial charge is 0.314 e. The van der Waals surface area contributed by atoms with E-state index in [1.807, 2.05) is 6.92 Å². The van der Waals surface area contributed by atoms with Crippen molar-refractivity contribution in [2.24, 2.45) is 5.41 Å². The molecule has 2 rings (SSSR count). The van der Waals surface area contributed by atoms with Crippen LogP contribution in [0.4, 0.5) is 0 Å². The SMILES string of the molecule is CC1(C2CCCCO2)CCOC1=O. The Balaban J connectivity index is 2.08. The average molecular weight is 184 g/mol. The third-order valence-corrected chi connectivity index (χ3v) is 3.21. The fourth-order valence-electron chi connectivity index (χ4n) is 2.16. The summed E-state index contributed by atoms with van der Waals surface area (Å²) < 4.78 is 10.6. The first-order chi connectivity index (χ1) is 6.23. The second-order valence-electron chi connectivity index (χ2n) is 4.16. The molecule has 0 N–H and O–H groups in total. The van der Waals surface area contributed by atoms with Gasteiger partial charge in [-0.05, 0) is 32.6 Å². The van der Waals surface area contributed by atoms with Crippen molar-refractivity contribution in [3.8, 4) is 0 Å². The highest BCUT2D eigenvalue weighted by molar-refractivity contribution is 5.78. The largest absolute Gasteiger partial charge is 0.465 e. The summed E-state index contributed by atoms with van der Waals surface area (Å²) in [5, 5.41) is 0. The molecule has 2 aliphatic rings. The van der Waals surface area contributed by atoms with E-state index in [-0.39, 0.29) is 17.5 Å². The normalized spacial score (nSPS) is 40.4. The molecule has 2 atom stereocenters. The number of hydrogen-bond donors (Lipinski definition) is 0. The Bertz CT molecular complexity index is 208. The summed E-state index contributed by atoms with van der Waals surface area (Å²) >= 11 is 0. The topological polar surface area (TPSA) is 35.5 Å². The molecular formula is C10H16O3. The Hall–Kier alpha value is -0.570. The molecule has 3 nitrogen and oxygen atoms in total. The first kappa shape index (κ1) is 9.00. The van der Waals surface area contributed by atoms with Crippen molar-refractivity contribution in [2.75, 3.05) is 13.2 Å². The first-order valence-corrected chi connectivity index (χ1v) is 5.02. The molecular weight excluding hydrogens is 168 g/mol. The zero-order valence-electron chi connectivity index (χ0n) is 8.04. The van der Waals surface area contributed by atoms with Crippen LogP contribution in [0.3, 0.4) is 0 Å². The molecule has 0 amide bonds.